The molecule has 0 saturated heterocycles. The van der Waals surface area contributed by atoms with Crippen molar-refractivity contribution >= 4 is 23.4 Å². The van der Waals surface area contributed by atoms with Gasteiger partial charge in [0, 0.05) is 11.4 Å². The highest BCUT2D eigenvalue weighted by Gasteiger charge is 2.08. The molecule has 0 aliphatic heterocycles. The standard InChI is InChI=1S/C30H32N10O4/c1-43-27-10-6-23(7-11-27)33-29(41)31-15-25-19-39(37-35-25)17-21-4-3-5-22(14-21)18-40-20-26(36-38-40)16-32-30(42)34-24-8-12-28(44-2)13-9-24/h3-14,19-20H,15-18H2,1-2H3,(H2,31,33,41)(H2,32,34,42). The molecule has 0 atom stereocenters. The number of anilines is 2. The zero-order chi connectivity index (χ0) is 30.7. The molecule has 0 fully saturated rings. The molecule has 5 aromatic rings. The van der Waals surface area contributed by atoms with Gasteiger partial charge in [-0.3, -0.25) is 0 Å². The molecule has 0 aliphatic rings. The average Bonchev–Trinajstić information content (AvgIpc) is 3.69. The van der Waals surface area contributed by atoms with Crippen LogP contribution >= 0.6 is 0 Å². The lowest BCUT2D eigenvalue weighted by Crippen LogP contribution is -2.28. The number of rotatable bonds is 12. The number of ether oxygens (including phenoxy) is 2. The zero-order valence-corrected chi connectivity index (χ0v) is 24.2. The van der Waals surface area contributed by atoms with Gasteiger partial charge in [-0.1, -0.05) is 34.7 Å². The molecule has 14 nitrogen and oxygen atoms in total. The number of amides is 4. The van der Waals surface area contributed by atoms with Crippen molar-refractivity contribution in [3.05, 3.63) is 108 Å². The zero-order valence-electron chi connectivity index (χ0n) is 24.2. The van der Waals surface area contributed by atoms with E-state index in [9.17, 15) is 9.59 Å². The molecule has 0 radical (unpaired) electrons. The summed E-state index contributed by atoms with van der Waals surface area (Å²) in [6, 6.07) is 21.5. The average molecular weight is 597 g/mol. The summed E-state index contributed by atoms with van der Waals surface area (Å²) in [5.74, 6) is 1.42. The Morgan fingerprint density at radius 2 is 1.09 bits per heavy atom. The van der Waals surface area contributed by atoms with E-state index in [1.165, 1.54) is 0 Å². The van der Waals surface area contributed by atoms with E-state index in [0.29, 0.717) is 47.4 Å². The van der Waals surface area contributed by atoms with E-state index in [-0.39, 0.29) is 25.2 Å². The first-order valence-electron chi connectivity index (χ1n) is 13.7. The number of aromatic nitrogens is 6. The van der Waals surface area contributed by atoms with E-state index in [2.05, 4.69) is 48.0 Å². The molecule has 2 heterocycles. The van der Waals surface area contributed by atoms with Gasteiger partial charge in [0.2, 0.25) is 0 Å². The van der Waals surface area contributed by atoms with Crippen LogP contribution in [0.4, 0.5) is 21.0 Å². The van der Waals surface area contributed by atoms with Crippen LogP contribution in [0.5, 0.6) is 11.5 Å². The lowest BCUT2D eigenvalue weighted by Gasteiger charge is -2.07. The third-order valence-electron chi connectivity index (χ3n) is 6.41. The third kappa shape index (κ3) is 8.55. The Morgan fingerprint density at radius 1 is 0.659 bits per heavy atom. The van der Waals surface area contributed by atoms with E-state index in [4.69, 9.17) is 9.47 Å². The van der Waals surface area contributed by atoms with Gasteiger partial charge < -0.3 is 30.7 Å². The maximum atomic E-state index is 12.2. The van der Waals surface area contributed by atoms with Crippen molar-refractivity contribution in [2.75, 3.05) is 24.9 Å². The molecule has 44 heavy (non-hydrogen) atoms. The van der Waals surface area contributed by atoms with Crippen LogP contribution in [0, 0.1) is 0 Å². The fourth-order valence-electron chi connectivity index (χ4n) is 4.24. The number of carbonyl (C=O) groups is 2. The second-order valence-electron chi connectivity index (χ2n) is 9.71. The van der Waals surface area contributed by atoms with Crippen LogP contribution in [-0.4, -0.2) is 56.3 Å². The number of hydrogen-bond donors (Lipinski definition) is 4. The largest absolute Gasteiger partial charge is 0.497 e. The van der Waals surface area contributed by atoms with Crippen molar-refractivity contribution in [2.45, 2.75) is 26.2 Å². The van der Waals surface area contributed by atoms with Crippen LogP contribution in [0.3, 0.4) is 0 Å². The molecule has 0 saturated carbocycles. The summed E-state index contributed by atoms with van der Waals surface area (Å²) >= 11 is 0. The minimum absolute atomic E-state index is 0.231. The van der Waals surface area contributed by atoms with Crippen molar-refractivity contribution in [1.82, 2.24) is 40.6 Å². The number of nitrogens with one attached hydrogen (secondary N) is 4. The van der Waals surface area contributed by atoms with E-state index in [0.717, 1.165) is 11.1 Å². The number of nitrogens with zero attached hydrogens (tertiary/aromatic N) is 6. The van der Waals surface area contributed by atoms with Crippen molar-refractivity contribution in [2.24, 2.45) is 0 Å². The monoisotopic (exact) mass is 596 g/mol. The number of carbonyl (C=O) groups excluding carboxylic acids is 2. The maximum absolute atomic E-state index is 12.2. The Bertz CT molecular complexity index is 1560. The molecular formula is C30H32N10O4. The molecule has 0 aliphatic carbocycles. The Morgan fingerprint density at radius 3 is 1.50 bits per heavy atom. The number of benzene rings is 3. The Hall–Kier alpha value is -5.92. The van der Waals surface area contributed by atoms with Crippen LogP contribution in [0.2, 0.25) is 0 Å². The summed E-state index contributed by atoms with van der Waals surface area (Å²) in [6.07, 6.45) is 3.59. The highest BCUT2D eigenvalue weighted by atomic mass is 16.5. The van der Waals surface area contributed by atoms with Crippen LogP contribution in [0.25, 0.3) is 0 Å². The van der Waals surface area contributed by atoms with Crippen molar-refractivity contribution in [1.29, 1.82) is 0 Å². The highest BCUT2D eigenvalue weighted by molar-refractivity contribution is 5.89. The molecule has 226 valence electrons. The number of hydrogen-bond acceptors (Lipinski definition) is 8. The van der Waals surface area contributed by atoms with E-state index < -0.39 is 0 Å². The maximum Gasteiger partial charge on any atom is 0.319 e. The summed E-state index contributed by atoms with van der Waals surface area (Å²) in [5.41, 5.74) is 4.63. The van der Waals surface area contributed by atoms with Gasteiger partial charge in [-0.05, 0) is 59.7 Å². The Balaban J connectivity index is 1.07. The fraction of sp³-hybridized carbons (Fsp3) is 0.200. The smallest absolute Gasteiger partial charge is 0.319 e. The van der Waals surface area contributed by atoms with Crippen molar-refractivity contribution in [3.63, 3.8) is 0 Å². The van der Waals surface area contributed by atoms with Crippen molar-refractivity contribution in [3.8, 4) is 11.5 Å². The molecule has 4 N–H and O–H groups in total. The topological polar surface area (TPSA) is 162 Å². The van der Waals surface area contributed by atoms with Gasteiger partial charge in [-0.15, -0.1) is 10.2 Å². The summed E-state index contributed by atoms with van der Waals surface area (Å²) in [6.45, 7) is 1.48. The molecule has 3 aromatic carbocycles. The lowest BCUT2D eigenvalue weighted by atomic mass is 10.1. The van der Waals surface area contributed by atoms with Crippen LogP contribution in [0.1, 0.15) is 22.5 Å². The molecular weight excluding hydrogens is 564 g/mol. The van der Waals surface area contributed by atoms with E-state index in [1.54, 1.807) is 84.5 Å². The molecule has 2 aromatic heterocycles. The third-order valence-corrected chi connectivity index (χ3v) is 6.41. The van der Waals surface area contributed by atoms with Crippen molar-refractivity contribution < 1.29 is 19.1 Å². The minimum atomic E-state index is -0.346. The molecule has 5 rings (SSSR count). The van der Waals surface area contributed by atoms with E-state index >= 15 is 0 Å². The van der Waals surface area contributed by atoms with Crippen LogP contribution < -0.4 is 30.7 Å². The van der Waals surface area contributed by atoms with Gasteiger partial charge in [-0.2, -0.15) is 0 Å². The summed E-state index contributed by atoms with van der Waals surface area (Å²) in [7, 11) is 3.17. The second kappa shape index (κ2) is 14.3. The molecule has 4 amide bonds. The van der Waals surface area contributed by atoms with Crippen LogP contribution in [-0.2, 0) is 26.2 Å². The van der Waals surface area contributed by atoms with Gasteiger partial charge >= 0.3 is 12.1 Å². The predicted molar refractivity (Wildman–Crippen MR) is 162 cm³/mol. The van der Waals surface area contributed by atoms with Gasteiger partial charge in [0.1, 0.15) is 22.9 Å². The van der Waals surface area contributed by atoms with Gasteiger partial charge in [0.25, 0.3) is 0 Å². The minimum Gasteiger partial charge on any atom is -0.497 e. The molecule has 0 spiro atoms. The summed E-state index contributed by atoms with van der Waals surface area (Å²) in [4.78, 5) is 24.5. The quantitative estimate of drug-likeness (QED) is 0.170. The summed E-state index contributed by atoms with van der Waals surface area (Å²) in [5, 5.41) is 27.8. The highest BCUT2D eigenvalue weighted by Crippen LogP contribution is 2.16. The Kier molecular flexibility index (Phi) is 9.62. The van der Waals surface area contributed by atoms with Crippen LogP contribution in [0.15, 0.2) is 85.2 Å². The second-order valence-corrected chi connectivity index (χ2v) is 9.71. The number of methoxy groups -OCH3 is 2. The predicted octanol–water partition coefficient (Wildman–Crippen LogP) is 3.63. The Labute approximate surface area is 253 Å². The molecule has 14 heteroatoms. The fourth-order valence-corrected chi connectivity index (χ4v) is 4.24. The van der Waals surface area contributed by atoms with Gasteiger partial charge in [0.05, 0.1) is 52.8 Å². The molecule has 0 bridgehead atoms. The normalized spacial score (nSPS) is 10.6. The summed E-state index contributed by atoms with van der Waals surface area (Å²) < 4.78 is 13.7. The van der Waals surface area contributed by atoms with Gasteiger partial charge in [-0.25, -0.2) is 19.0 Å². The lowest BCUT2D eigenvalue weighted by molar-refractivity contribution is 0.251. The SMILES string of the molecule is COc1ccc(NC(=O)NCc2cn(Cc3cccc(Cn4cc(CNC(=O)Nc5ccc(OC)cc5)nn4)c3)nn2)cc1. The van der Waals surface area contributed by atoms with Gasteiger partial charge in [0.15, 0.2) is 0 Å². The number of urea groups is 2. The first kappa shape index (κ1) is 29.6. The first-order valence-corrected chi connectivity index (χ1v) is 13.7. The molecule has 0 unspecified atom stereocenters. The first-order chi connectivity index (χ1) is 21.4. The van der Waals surface area contributed by atoms with E-state index in [1.807, 2.05) is 18.2 Å².